The van der Waals surface area contributed by atoms with Crippen LogP contribution in [0.3, 0.4) is 0 Å². The number of carbonyl (C=O) groups excluding carboxylic acids is 3. The molecule has 6 nitrogen and oxygen atoms in total. The fourth-order valence-electron chi connectivity index (χ4n) is 1.43. The lowest BCUT2D eigenvalue weighted by molar-refractivity contribution is -0.163. The number of carbonyl (C=O) groups is 3. The highest BCUT2D eigenvalue weighted by Gasteiger charge is 2.37. The van der Waals surface area contributed by atoms with E-state index in [0.717, 1.165) is 4.90 Å². The predicted molar refractivity (Wildman–Crippen MR) is 53.3 cm³/mol. The number of amides is 2. The lowest BCUT2D eigenvalue weighted by Gasteiger charge is -2.31. The SMILES string of the molecule is COC(=O)C(C)(C)CN1C(=O)COCC1=O. The van der Waals surface area contributed by atoms with Gasteiger partial charge in [0.05, 0.1) is 12.5 Å². The summed E-state index contributed by atoms with van der Waals surface area (Å²) in [6.07, 6.45) is 0. The molecule has 1 aliphatic heterocycles. The molecule has 0 aliphatic carbocycles. The quantitative estimate of drug-likeness (QED) is 0.485. The summed E-state index contributed by atoms with van der Waals surface area (Å²) in [6, 6.07) is 0. The van der Waals surface area contributed by atoms with Crippen LogP contribution in [0, 0.1) is 5.41 Å². The number of rotatable bonds is 3. The molecule has 0 radical (unpaired) electrons. The summed E-state index contributed by atoms with van der Waals surface area (Å²) in [7, 11) is 1.27. The normalized spacial score (nSPS) is 17.6. The van der Waals surface area contributed by atoms with Crippen molar-refractivity contribution in [3.8, 4) is 0 Å². The summed E-state index contributed by atoms with van der Waals surface area (Å²) in [5.74, 6) is -1.30. The molecule has 1 saturated heterocycles. The molecule has 2 amide bonds. The first-order valence-corrected chi connectivity index (χ1v) is 4.88. The van der Waals surface area contributed by atoms with E-state index in [1.807, 2.05) is 0 Å². The number of hydrogen-bond donors (Lipinski definition) is 0. The number of hydrogen-bond acceptors (Lipinski definition) is 5. The topological polar surface area (TPSA) is 72.9 Å². The zero-order valence-corrected chi connectivity index (χ0v) is 9.61. The lowest BCUT2D eigenvalue weighted by atomic mass is 9.92. The third-order valence-electron chi connectivity index (χ3n) is 2.34. The second kappa shape index (κ2) is 4.61. The smallest absolute Gasteiger partial charge is 0.313 e. The molecule has 0 N–H and O–H groups in total. The summed E-state index contributed by atoms with van der Waals surface area (Å²) in [4.78, 5) is 35.3. The standard InChI is InChI=1S/C10H15NO5/c1-10(2,9(14)15-3)6-11-7(12)4-16-5-8(11)13/h4-6H2,1-3H3. The minimum atomic E-state index is -0.905. The average molecular weight is 229 g/mol. The van der Waals surface area contributed by atoms with E-state index < -0.39 is 23.2 Å². The van der Waals surface area contributed by atoms with Crippen LogP contribution in [0.15, 0.2) is 0 Å². The van der Waals surface area contributed by atoms with Gasteiger partial charge in [-0.05, 0) is 13.8 Å². The second-order valence-corrected chi connectivity index (χ2v) is 4.24. The summed E-state index contributed by atoms with van der Waals surface area (Å²) in [5, 5.41) is 0. The Balaban J connectivity index is 2.74. The molecule has 0 unspecified atom stereocenters. The third kappa shape index (κ3) is 2.57. The van der Waals surface area contributed by atoms with Gasteiger partial charge < -0.3 is 9.47 Å². The van der Waals surface area contributed by atoms with Gasteiger partial charge in [-0.1, -0.05) is 0 Å². The van der Waals surface area contributed by atoms with Crippen LogP contribution in [0.2, 0.25) is 0 Å². The molecule has 1 fully saturated rings. The molecule has 6 heteroatoms. The van der Waals surface area contributed by atoms with E-state index >= 15 is 0 Å². The van der Waals surface area contributed by atoms with Gasteiger partial charge in [0.25, 0.3) is 11.8 Å². The van der Waals surface area contributed by atoms with Crippen LogP contribution in [-0.2, 0) is 23.9 Å². The van der Waals surface area contributed by atoms with Crippen molar-refractivity contribution in [3.63, 3.8) is 0 Å². The monoisotopic (exact) mass is 229 g/mol. The molecular formula is C10H15NO5. The predicted octanol–water partition coefficient (Wildman–Crippen LogP) is -0.429. The van der Waals surface area contributed by atoms with Crippen molar-refractivity contribution in [2.24, 2.45) is 5.41 Å². The molecule has 90 valence electrons. The molecule has 0 aromatic heterocycles. The summed E-state index contributed by atoms with van der Waals surface area (Å²) in [6.45, 7) is 3.01. The van der Waals surface area contributed by atoms with Crippen molar-refractivity contribution in [1.82, 2.24) is 4.90 Å². The van der Waals surface area contributed by atoms with Crippen molar-refractivity contribution in [2.75, 3.05) is 26.9 Å². The Bertz CT molecular complexity index is 307. The molecule has 0 spiro atoms. The van der Waals surface area contributed by atoms with Crippen molar-refractivity contribution < 1.29 is 23.9 Å². The van der Waals surface area contributed by atoms with E-state index in [9.17, 15) is 14.4 Å². The Hall–Kier alpha value is -1.43. The maximum Gasteiger partial charge on any atom is 0.313 e. The molecular weight excluding hydrogens is 214 g/mol. The average Bonchev–Trinajstić information content (AvgIpc) is 2.22. The highest BCUT2D eigenvalue weighted by Crippen LogP contribution is 2.20. The summed E-state index contributed by atoms with van der Waals surface area (Å²) < 4.78 is 9.38. The van der Waals surface area contributed by atoms with Gasteiger partial charge >= 0.3 is 5.97 Å². The number of esters is 1. The molecule has 1 heterocycles. The first kappa shape index (κ1) is 12.6. The van der Waals surface area contributed by atoms with E-state index in [1.54, 1.807) is 13.8 Å². The van der Waals surface area contributed by atoms with Gasteiger partial charge in [-0.3, -0.25) is 19.3 Å². The van der Waals surface area contributed by atoms with Gasteiger partial charge in [0.1, 0.15) is 13.2 Å². The minimum Gasteiger partial charge on any atom is -0.469 e. The second-order valence-electron chi connectivity index (χ2n) is 4.24. The van der Waals surface area contributed by atoms with Crippen molar-refractivity contribution in [2.45, 2.75) is 13.8 Å². The first-order valence-electron chi connectivity index (χ1n) is 4.88. The molecule has 1 rings (SSSR count). The van der Waals surface area contributed by atoms with E-state index in [4.69, 9.17) is 4.74 Å². The first-order chi connectivity index (χ1) is 7.38. The Morgan fingerprint density at radius 2 is 1.88 bits per heavy atom. The maximum absolute atomic E-state index is 11.4. The lowest BCUT2D eigenvalue weighted by Crippen LogP contribution is -2.51. The Morgan fingerprint density at radius 3 is 2.31 bits per heavy atom. The molecule has 0 saturated carbocycles. The fraction of sp³-hybridized carbons (Fsp3) is 0.700. The maximum atomic E-state index is 11.4. The van der Waals surface area contributed by atoms with Crippen molar-refractivity contribution in [3.05, 3.63) is 0 Å². The fourth-order valence-corrected chi connectivity index (χ4v) is 1.43. The molecule has 1 aliphatic rings. The largest absolute Gasteiger partial charge is 0.469 e. The highest BCUT2D eigenvalue weighted by molar-refractivity contribution is 5.98. The Morgan fingerprint density at radius 1 is 1.38 bits per heavy atom. The van der Waals surface area contributed by atoms with Gasteiger partial charge in [0.2, 0.25) is 0 Å². The Labute approximate surface area is 93.5 Å². The van der Waals surface area contributed by atoms with E-state index in [1.165, 1.54) is 7.11 Å². The molecule has 0 aromatic rings. The molecule has 0 bridgehead atoms. The van der Waals surface area contributed by atoms with Gasteiger partial charge in [0.15, 0.2) is 0 Å². The van der Waals surface area contributed by atoms with Gasteiger partial charge in [0, 0.05) is 6.54 Å². The van der Waals surface area contributed by atoms with E-state index in [2.05, 4.69) is 4.74 Å². The summed E-state index contributed by atoms with van der Waals surface area (Å²) in [5.41, 5.74) is -0.905. The highest BCUT2D eigenvalue weighted by atomic mass is 16.5. The molecule has 0 aromatic carbocycles. The van der Waals surface area contributed by atoms with Crippen LogP contribution >= 0.6 is 0 Å². The van der Waals surface area contributed by atoms with Gasteiger partial charge in [-0.2, -0.15) is 0 Å². The van der Waals surface area contributed by atoms with Crippen LogP contribution in [-0.4, -0.2) is 49.6 Å². The van der Waals surface area contributed by atoms with Crippen molar-refractivity contribution >= 4 is 17.8 Å². The van der Waals surface area contributed by atoms with Crippen LogP contribution in [0.25, 0.3) is 0 Å². The van der Waals surface area contributed by atoms with Crippen LogP contribution < -0.4 is 0 Å². The number of ether oxygens (including phenoxy) is 2. The Kier molecular flexibility index (Phi) is 3.64. The molecule has 0 atom stereocenters. The number of imide groups is 1. The van der Waals surface area contributed by atoms with Crippen LogP contribution in [0.1, 0.15) is 13.8 Å². The zero-order chi connectivity index (χ0) is 12.3. The number of nitrogens with zero attached hydrogens (tertiary/aromatic N) is 1. The number of methoxy groups -OCH3 is 1. The van der Waals surface area contributed by atoms with Crippen molar-refractivity contribution in [1.29, 1.82) is 0 Å². The third-order valence-corrected chi connectivity index (χ3v) is 2.34. The number of morpholine rings is 1. The van der Waals surface area contributed by atoms with E-state index in [-0.39, 0.29) is 19.8 Å². The van der Waals surface area contributed by atoms with Crippen LogP contribution in [0.4, 0.5) is 0 Å². The van der Waals surface area contributed by atoms with E-state index in [0.29, 0.717) is 0 Å². The van der Waals surface area contributed by atoms with Gasteiger partial charge in [-0.15, -0.1) is 0 Å². The van der Waals surface area contributed by atoms with Crippen LogP contribution in [0.5, 0.6) is 0 Å². The molecule has 16 heavy (non-hydrogen) atoms. The van der Waals surface area contributed by atoms with Gasteiger partial charge in [-0.25, -0.2) is 0 Å². The minimum absolute atomic E-state index is 0.0146. The zero-order valence-electron chi connectivity index (χ0n) is 9.61. The summed E-state index contributed by atoms with van der Waals surface area (Å²) >= 11 is 0.